The highest BCUT2D eigenvalue weighted by molar-refractivity contribution is 9.10. The van der Waals surface area contributed by atoms with Gasteiger partial charge in [-0.05, 0) is 29.7 Å². The molecule has 2 nitrogen and oxygen atoms in total. The van der Waals surface area contributed by atoms with Gasteiger partial charge in [-0.1, -0.05) is 54.0 Å². The summed E-state index contributed by atoms with van der Waals surface area (Å²) in [7, 11) is 0. The third-order valence-corrected chi connectivity index (χ3v) is 4.22. The van der Waals surface area contributed by atoms with E-state index in [0.717, 1.165) is 20.9 Å². The van der Waals surface area contributed by atoms with Crippen LogP contribution in [0.1, 0.15) is 41.3 Å². The van der Waals surface area contributed by atoms with Crippen LogP contribution in [0.4, 0.5) is 0 Å². The molecule has 0 unspecified atom stereocenters. The third kappa shape index (κ3) is 2.66. The highest BCUT2D eigenvalue weighted by Gasteiger charge is 2.14. The van der Waals surface area contributed by atoms with Crippen LogP contribution in [0.3, 0.4) is 0 Å². The van der Waals surface area contributed by atoms with E-state index in [1.807, 2.05) is 42.5 Å². The molecule has 0 amide bonds. The summed E-state index contributed by atoms with van der Waals surface area (Å²) in [4.78, 5) is 15.8. The number of carbonyl (C=O) groups is 1. The van der Waals surface area contributed by atoms with E-state index in [9.17, 15) is 4.79 Å². The van der Waals surface area contributed by atoms with Gasteiger partial charge in [-0.25, -0.2) is 0 Å². The van der Waals surface area contributed by atoms with Gasteiger partial charge in [0.25, 0.3) is 0 Å². The molecule has 1 aromatic heterocycles. The fraction of sp³-hybridized carbons (Fsp3) is 0.167. The monoisotopic (exact) mass is 341 g/mol. The van der Waals surface area contributed by atoms with Gasteiger partial charge in [0.05, 0.1) is 0 Å². The minimum atomic E-state index is 0.0506. The van der Waals surface area contributed by atoms with Gasteiger partial charge in [0.15, 0.2) is 5.78 Å². The number of hydrogen-bond donors (Lipinski definition) is 1. The molecule has 3 aromatic rings. The smallest absolute Gasteiger partial charge is 0.195 e. The zero-order valence-corrected chi connectivity index (χ0v) is 13.6. The molecule has 0 saturated carbocycles. The Balaban J connectivity index is 2.02. The maximum Gasteiger partial charge on any atom is 0.195 e. The highest BCUT2D eigenvalue weighted by atomic mass is 79.9. The second-order valence-electron chi connectivity index (χ2n) is 5.50. The molecule has 106 valence electrons. The van der Waals surface area contributed by atoms with Gasteiger partial charge in [0, 0.05) is 32.7 Å². The summed E-state index contributed by atoms with van der Waals surface area (Å²) in [5, 5.41) is 0.947. The van der Waals surface area contributed by atoms with Crippen molar-refractivity contribution in [1.82, 2.24) is 4.98 Å². The zero-order valence-electron chi connectivity index (χ0n) is 12.0. The number of aromatic nitrogens is 1. The van der Waals surface area contributed by atoms with Gasteiger partial charge >= 0.3 is 0 Å². The third-order valence-electron chi connectivity index (χ3n) is 3.73. The first-order valence-corrected chi connectivity index (χ1v) is 7.77. The van der Waals surface area contributed by atoms with Gasteiger partial charge in [-0.3, -0.25) is 4.79 Å². The Morgan fingerprint density at radius 1 is 1.10 bits per heavy atom. The van der Waals surface area contributed by atoms with Crippen LogP contribution < -0.4 is 0 Å². The average molecular weight is 342 g/mol. The molecule has 0 aliphatic rings. The van der Waals surface area contributed by atoms with Crippen LogP contribution in [0.25, 0.3) is 10.9 Å². The van der Waals surface area contributed by atoms with Crippen molar-refractivity contribution in [3.05, 3.63) is 69.8 Å². The number of aromatic amines is 1. The molecule has 0 fully saturated rings. The summed E-state index contributed by atoms with van der Waals surface area (Å²) in [5.41, 5.74) is 3.65. The number of nitrogens with one attached hydrogen (secondary N) is 1. The predicted molar refractivity (Wildman–Crippen MR) is 90.0 cm³/mol. The quantitative estimate of drug-likeness (QED) is 0.645. The van der Waals surface area contributed by atoms with Crippen LogP contribution in [0.15, 0.2) is 53.1 Å². The zero-order chi connectivity index (χ0) is 15.0. The Morgan fingerprint density at radius 2 is 1.81 bits per heavy atom. The van der Waals surface area contributed by atoms with Crippen LogP contribution in [0.2, 0.25) is 0 Å². The molecule has 21 heavy (non-hydrogen) atoms. The van der Waals surface area contributed by atoms with E-state index in [0.29, 0.717) is 11.5 Å². The van der Waals surface area contributed by atoms with Crippen molar-refractivity contribution in [2.75, 3.05) is 0 Å². The maximum absolute atomic E-state index is 12.7. The van der Waals surface area contributed by atoms with E-state index < -0.39 is 0 Å². The first kappa shape index (κ1) is 14.1. The van der Waals surface area contributed by atoms with Crippen molar-refractivity contribution in [1.29, 1.82) is 0 Å². The first-order chi connectivity index (χ1) is 10.1. The number of H-pyrrole nitrogens is 1. The van der Waals surface area contributed by atoms with Crippen molar-refractivity contribution in [3.63, 3.8) is 0 Å². The lowest BCUT2D eigenvalue weighted by molar-refractivity contribution is 0.104. The van der Waals surface area contributed by atoms with Crippen molar-refractivity contribution >= 4 is 32.6 Å². The SMILES string of the molecule is CC(C)c1ccc(C(=O)c2c[nH]c3ccc(Br)cc23)cc1. The molecule has 1 heterocycles. The molecular formula is C18H16BrNO. The van der Waals surface area contributed by atoms with E-state index in [-0.39, 0.29) is 5.78 Å². The Labute approximate surface area is 132 Å². The molecule has 0 saturated heterocycles. The summed E-state index contributed by atoms with van der Waals surface area (Å²) in [5.74, 6) is 0.521. The number of halogens is 1. The normalized spacial score (nSPS) is 11.2. The number of hydrogen-bond acceptors (Lipinski definition) is 1. The van der Waals surface area contributed by atoms with E-state index >= 15 is 0 Å². The summed E-state index contributed by atoms with van der Waals surface area (Å²) in [6.07, 6.45) is 1.79. The Kier molecular flexibility index (Phi) is 3.68. The second-order valence-corrected chi connectivity index (χ2v) is 6.41. The summed E-state index contributed by atoms with van der Waals surface area (Å²) >= 11 is 3.46. The van der Waals surface area contributed by atoms with E-state index in [4.69, 9.17) is 0 Å². The maximum atomic E-state index is 12.7. The predicted octanol–water partition coefficient (Wildman–Crippen LogP) is 5.28. The fourth-order valence-corrected chi connectivity index (χ4v) is 2.82. The van der Waals surface area contributed by atoms with E-state index in [2.05, 4.69) is 34.8 Å². The molecule has 0 bridgehead atoms. The summed E-state index contributed by atoms with van der Waals surface area (Å²) in [6, 6.07) is 13.8. The summed E-state index contributed by atoms with van der Waals surface area (Å²) in [6.45, 7) is 4.29. The standard InChI is InChI=1S/C18H16BrNO/c1-11(2)12-3-5-13(6-4-12)18(21)16-10-20-17-8-7-14(19)9-15(16)17/h3-11,20H,1-2H3. The van der Waals surface area contributed by atoms with Gasteiger partial charge in [-0.15, -0.1) is 0 Å². The molecule has 2 aromatic carbocycles. The molecule has 0 spiro atoms. The Morgan fingerprint density at radius 3 is 2.48 bits per heavy atom. The van der Waals surface area contributed by atoms with Gasteiger partial charge < -0.3 is 4.98 Å². The largest absolute Gasteiger partial charge is 0.360 e. The molecule has 3 rings (SSSR count). The molecule has 0 atom stereocenters. The number of rotatable bonds is 3. The van der Waals surface area contributed by atoms with Gasteiger partial charge in [0.1, 0.15) is 0 Å². The lowest BCUT2D eigenvalue weighted by atomic mass is 9.98. The Hall–Kier alpha value is -1.87. The summed E-state index contributed by atoms with van der Waals surface area (Å²) < 4.78 is 0.971. The van der Waals surface area contributed by atoms with Crippen molar-refractivity contribution in [3.8, 4) is 0 Å². The van der Waals surface area contributed by atoms with Crippen LogP contribution >= 0.6 is 15.9 Å². The molecule has 0 aliphatic heterocycles. The van der Waals surface area contributed by atoms with E-state index in [1.165, 1.54) is 5.56 Å². The van der Waals surface area contributed by atoms with Crippen molar-refractivity contribution < 1.29 is 4.79 Å². The van der Waals surface area contributed by atoms with E-state index in [1.54, 1.807) is 6.20 Å². The van der Waals surface area contributed by atoms with Crippen molar-refractivity contribution in [2.24, 2.45) is 0 Å². The fourth-order valence-electron chi connectivity index (χ4n) is 2.46. The number of benzene rings is 2. The van der Waals surface area contributed by atoms with Crippen LogP contribution in [0, 0.1) is 0 Å². The Bertz CT molecular complexity index is 800. The molecular weight excluding hydrogens is 326 g/mol. The van der Waals surface area contributed by atoms with Crippen molar-refractivity contribution in [2.45, 2.75) is 19.8 Å². The second kappa shape index (κ2) is 5.49. The minimum Gasteiger partial charge on any atom is -0.360 e. The molecule has 0 aliphatic carbocycles. The number of ketones is 1. The lowest BCUT2D eigenvalue weighted by Gasteiger charge is -2.06. The minimum absolute atomic E-state index is 0.0506. The van der Waals surface area contributed by atoms with Crippen LogP contribution in [0.5, 0.6) is 0 Å². The first-order valence-electron chi connectivity index (χ1n) is 6.97. The molecule has 0 radical (unpaired) electrons. The molecule has 3 heteroatoms. The van der Waals surface area contributed by atoms with Gasteiger partial charge in [0.2, 0.25) is 0 Å². The molecule has 1 N–H and O–H groups in total. The highest BCUT2D eigenvalue weighted by Crippen LogP contribution is 2.25. The van der Waals surface area contributed by atoms with Crippen LogP contribution in [-0.2, 0) is 0 Å². The topological polar surface area (TPSA) is 32.9 Å². The lowest BCUT2D eigenvalue weighted by Crippen LogP contribution is -2.00. The number of carbonyl (C=O) groups excluding carboxylic acids is 1. The van der Waals surface area contributed by atoms with Gasteiger partial charge in [-0.2, -0.15) is 0 Å². The number of fused-ring (bicyclic) bond motifs is 1. The average Bonchev–Trinajstić information content (AvgIpc) is 2.89. The van der Waals surface area contributed by atoms with Crippen LogP contribution in [-0.4, -0.2) is 10.8 Å².